The molecule has 65 heavy (non-hydrogen) atoms. The molecule has 0 saturated carbocycles. The van der Waals surface area contributed by atoms with Gasteiger partial charge in [-0.25, -0.2) is 0 Å². The predicted molar refractivity (Wildman–Crippen MR) is 267 cm³/mol. The van der Waals surface area contributed by atoms with E-state index in [0.717, 1.165) is 61.5 Å². The molecule has 322 valence electrons. The van der Waals surface area contributed by atoms with Crippen molar-refractivity contribution >= 4 is 21.8 Å². The number of benzene rings is 7. The van der Waals surface area contributed by atoms with Crippen molar-refractivity contribution in [2.75, 3.05) is 0 Å². The Bertz CT molecular complexity index is 3320. The summed E-state index contributed by atoms with van der Waals surface area (Å²) in [6.07, 6.45) is 1.90. The maximum atomic E-state index is 11.1. The Hall–Kier alpha value is -6.87. The van der Waals surface area contributed by atoms with Crippen molar-refractivity contribution in [2.45, 2.75) is 52.4 Å². The van der Waals surface area contributed by atoms with E-state index in [1.165, 1.54) is 33.0 Å². The van der Waals surface area contributed by atoms with Crippen molar-refractivity contribution in [1.29, 1.82) is 0 Å². The van der Waals surface area contributed by atoms with Gasteiger partial charge in [0.15, 0.2) is 0 Å². The minimum absolute atomic E-state index is 0. The Balaban J connectivity index is 0.00000533. The summed E-state index contributed by atoms with van der Waals surface area (Å²) in [5.41, 5.74) is 17.2. The molecular weight excluding hydrogens is 974 g/mol. The fraction of sp³-hybridized carbons (Fsp3) is 0.133. The Labute approximate surface area is 396 Å². The second-order valence-corrected chi connectivity index (χ2v) is 18.8. The van der Waals surface area contributed by atoms with Crippen LogP contribution in [0.2, 0.25) is 0 Å². The summed E-state index contributed by atoms with van der Waals surface area (Å²) in [6.45, 7) is 13.6. The maximum Gasteiger partial charge on any atom is 0.124 e. The second-order valence-electron chi connectivity index (χ2n) is 18.8. The number of pyridine rings is 2. The molecule has 0 radical (unpaired) electrons. The summed E-state index contributed by atoms with van der Waals surface area (Å²) < 4.78 is 2.39. The molecule has 5 heteroatoms. The monoisotopic (exact) mass is 1020 g/mol. The van der Waals surface area contributed by atoms with Gasteiger partial charge in [0.2, 0.25) is 0 Å². The number of phenols is 1. The summed E-state index contributed by atoms with van der Waals surface area (Å²) in [5, 5.41) is 13.5. The van der Waals surface area contributed by atoms with Crippen LogP contribution in [0, 0.1) is 6.07 Å². The molecule has 0 amide bonds. The van der Waals surface area contributed by atoms with Crippen LogP contribution in [0.4, 0.5) is 0 Å². The van der Waals surface area contributed by atoms with Crippen LogP contribution < -0.4 is 0 Å². The molecule has 4 nitrogen and oxygen atoms in total. The summed E-state index contributed by atoms with van der Waals surface area (Å²) in [7, 11) is 0. The number of phenolic OH excluding ortho intramolecular Hbond substituents is 1. The average molecular weight is 1020 g/mol. The maximum absolute atomic E-state index is 11.1. The molecule has 10 rings (SSSR count). The number of aromatic hydroxyl groups is 1. The number of hydrogen-bond acceptors (Lipinski definition) is 3. The Morgan fingerprint density at radius 3 is 1.75 bits per heavy atom. The van der Waals surface area contributed by atoms with Crippen molar-refractivity contribution in [1.82, 2.24) is 14.5 Å². The van der Waals surface area contributed by atoms with Crippen LogP contribution in [0.5, 0.6) is 5.75 Å². The normalized spacial score (nSPS) is 11.8. The van der Waals surface area contributed by atoms with Crippen molar-refractivity contribution < 1.29 is 26.2 Å². The Kier molecular flexibility index (Phi) is 11.5. The first-order valence-corrected chi connectivity index (χ1v) is 22.0. The summed E-state index contributed by atoms with van der Waals surface area (Å²) in [6, 6.07) is 67.4. The third-order valence-electron chi connectivity index (χ3n) is 12.3. The van der Waals surface area contributed by atoms with Gasteiger partial charge in [-0.05, 0) is 92.2 Å². The third kappa shape index (κ3) is 8.48. The van der Waals surface area contributed by atoms with Crippen molar-refractivity contribution in [2.24, 2.45) is 0 Å². The van der Waals surface area contributed by atoms with Crippen LogP contribution in [0.1, 0.15) is 52.7 Å². The van der Waals surface area contributed by atoms with Crippen molar-refractivity contribution in [3.63, 3.8) is 0 Å². The van der Waals surface area contributed by atoms with Gasteiger partial charge in [-0.3, -0.25) is 9.97 Å². The van der Waals surface area contributed by atoms with Crippen LogP contribution >= 0.6 is 0 Å². The zero-order chi connectivity index (χ0) is 44.2. The van der Waals surface area contributed by atoms with Crippen LogP contribution in [0.15, 0.2) is 188 Å². The predicted octanol–water partition coefficient (Wildman–Crippen LogP) is 15.7. The minimum atomic E-state index is -0.0493. The van der Waals surface area contributed by atoms with Crippen LogP contribution in [0.25, 0.3) is 94.6 Å². The first kappa shape index (κ1) is 43.4. The molecule has 0 atom stereocenters. The average Bonchev–Trinajstić information content (AvgIpc) is 3.66. The van der Waals surface area contributed by atoms with E-state index < -0.39 is 0 Å². The fourth-order valence-electron chi connectivity index (χ4n) is 8.79. The largest absolute Gasteiger partial charge is 0.507 e. The number of aromatic nitrogens is 3. The van der Waals surface area contributed by atoms with Gasteiger partial charge in [0.1, 0.15) is 5.75 Å². The molecule has 0 aliphatic heterocycles. The summed E-state index contributed by atoms with van der Waals surface area (Å²) in [5.74, 6) is 0.189. The molecule has 0 spiro atoms. The van der Waals surface area contributed by atoms with E-state index in [4.69, 9.17) is 9.97 Å². The van der Waals surface area contributed by atoms with E-state index in [-0.39, 0.29) is 37.6 Å². The fourth-order valence-corrected chi connectivity index (χ4v) is 8.79. The zero-order valence-corrected chi connectivity index (χ0v) is 39.8. The standard InChI is InChI=1S/C60H50N3O.Pt/c1-59(2,3)46-33-44(34-47(38-46)60(4,5)6)45-36-54(62-55(37-45)52-21-11-13-25-57(52)64)43-19-14-18-42(32-43)53-35-41(30-31-61-53)49-22-15-23-51-50-20-10-12-24-56(50)63(58(49)51)48-28-26-40(27-29-48)39-16-8-7-9-17-39;/h7-31,33-38,64H,1-6H3;/q-1;. The molecule has 0 saturated heterocycles. The summed E-state index contributed by atoms with van der Waals surface area (Å²) >= 11 is 0. The smallest absolute Gasteiger partial charge is 0.124 e. The van der Waals surface area contributed by atoms with Gasteiger partial charge in [-0.15, -0.1) is 24.3 Å². The Morgan fingerprint density at radius 1 is 0.462 bits per heavy atom. The van der Waals surface area contributed by atoms with Crippen molar-refractivity contribution in [3.8, 4) is 78.6 Å². The van der Waals surface area contributed by atoms with Crippen LogP contribution in [-0.2, 0) is 31.9 Å². The molecular formula is C60H50N3OPt-. The number of hydrogen-bond donors (Lipinski definition) is 1. The number of rotatable bonds is 7. The van der Waals surface area contributed by atoms with Crippen LogP contribution in [-0.4, -0.2) is 19.6 Å². The van der Waals surface area contributed by atoms with E-state index in [0.29, 0.717) is 11.3 Å². The molecule has 3 aromatic heterocycles. The van der Waals surface area contributed by atoms with E-state index in [1.807, 2.05) is 24.4 Å². The van der Waals surface area contributed by atoms with Crippen molar-refractivity contribution in [3.05, 3.63) is 205 Å². The van der Waals surface area contributed by atoms with Gasteiger partial charge in [-0.2, -0.15) is 0 Å². The third-order valence-corrected chi connectivity index (χ3v) is 12.3. The quantitative estimate of drug-likeness (QED) is 0.162. The molecule has 0 fully saturated rings. The van der Waals surface area contributed by atoms with E-state index in [9.17, 15) is 5.11 Å². The van der Waals surface area contributed by atoms with E-state index in [2.05, 4.69) is 210 Å². The molecule has 0 aliphatic rings. The van der Waals surface area contributed by atoms with Gasteiger partial charge < -0.3 is 9.67 Å². The topological polar surface area (TPSA) is 50.9 Å². The number of nitrogens with zero attached hydrogens (tertiary/aromatic N) is 3. The van der Waals surface area contributed by atoms with E-state index in [1.54, 1.807) is 6.07 Å². The number of fused-ring (bicyclic) bond motifs is 3. The SMILES string of the molecule is CC(C)(C)c1cc(-c2cc(-c3[c-]c(-c4cc(-c5cccc6c7ccccc7n(-c7ccc(-c8ccccc8)cc7)c56)ccn4)ccc3)nc(-c3ccccc3O)c2)cc(C(C)(C)C)c1.[Pt]. The molecule has 0 unspecified atom stereocenters. The Morgan fingerprint density at radius 2 is 1.03 bits per heavy atom. The zero-order valence-electron chi connectivity index (χ0n) is 37.5. The molecule has 0 bridgehead atoms. The van der Waals surface area contributed by atoms with Gasteiger partial charge in [0.25, 0.3) is 0 Å². The summed E-state index contributed by atoms with van der Waals surface area (Å²) in [4.78, 5) is 10.1. The molecule has 0 aliphatic carbocycles. The first-order chi connectivity index (χ1) is 30.9. The molecule has 3 heterocycles. The van der Waals surface area contributed by atoms with Crippen LogP contribution in [0.3, 0.4) is 0 Å². The van der Waals surface area contributed by atoms with E-state index >= 15 is 0 Å². The molecule has 1 N–H and O–H groups in total. The first-order valence-electron chi connectivity index (χ1n) is 22.0. The minimum Gasteiger partial charge on any atom is -0.507 e. The van der Waals surface area contributed by atoms with Gasteiger partial charge in [-0.1, -0.05) is 174 Å². The molecule has 7 aromatic carbocycles. The number of para-hydroxylation sites is 3. The van der Waals surface area contributed by atoms with Gasteiger partial charge >= 0.3 is 0 Å². The second kappa shape index (κ2) is 17.3. The molecule has 10 aromatic rings. The van der Waals surface area contributed by atoms with Gasteiger partial charge in [0.05, 0.1) is 16.7 Å². The van der Waals surface area contributed by atoms with Gasteiger partial charge in [0, 0.05) is 66.2 Å².